The molecular weight excluding hydrogens is 248 g/mol. The predicted octanol–water partition coefficient (Wildman–Crippen LogP) is 2.63. The molecule has 2 aromatic rings. The Morgan fingerprint density at radius 1 is 1.56 bits per heavy atom. The normalized spacial score (nSPS) is 16.9. The SMILES string of the molecule is CSC1(Cn2cnc3ccc(C(=O)O)cc32)CC1. The smallest absolute Gasteiger partial charge is 0.335 e. The van der Waals surface area contributed by atoms with Gasteiger partial charge in [-0.15, -0.1) is 0 Å². The zero-order chi connectivity index (χ0) is 12.8. The summed E-state index contributed by atoms with van der Waals surface area (Å²) in [7, 11) is 0. The van der Waals surface area contributed by atoms with E-state index in [1.165, 1.54) is 12.8 Å². The van der Waals surface area contributed by atoms with Gasteiger partial charge in [0, 0.05) is 11.3 Å². The summed E-state index contributed by atoms with van der Waals surface area (Å²) < 4.78 is 2.41. The second-order valence-electron chi connectivity index (χ2n) is 4.77. The second kappa shape index (κ2) is 4.02. The standard InChI is InChI=1S/C13H14N2O2S/c1-18-13(4-5-13)7-15-8-14-10-3-2-9(12(16)17)6-11(10)15/h2-3,6,8H,4-5,7H2,1H3,(H,16,17). The number of rotatable bonds is 4. The summed E-state index contributed by atoms with van der Waals surface area (Å²) in [5.41, 5.74) is 2.09. The van der Waals surface area contributed by atoms with E-state index in [2.05, 4.69) is 15.8 Å². The van der Waals surface area contributed by atoms with Crippen LogP contribution in [0.5, 0.6) is 0 Å². The van der Waals surface area contributed by atoms with Crippen LogP contribution in [0.3, 0.4) is 0 Å². The third kappa shape index (κ3) is 1.88. The first-order chi connectivity index (χ1) is 8.63. The van der Waals surface area contributed by atoms with Crippen LogP contribution in [-0.2, 0) is 6.54 Å². The number of aromatic carboxylic acids is 1. The minimum atomic E-state index is -0.893. The molecule has 1 N–H and O–H groups in total. The number of carboxylic acid groups (broad SMARTS) is 1. The fraction of sp³-hybridized carbons (Fsp3) is 0.385. The lowest BCUT2D eigenvalue weighted by atomic mass is 10.2. The maximum atomic E-state index is 11.0. The highest BCUT2D eigenvalue weighted by molar-refractivity contribution is 8.00. The molecule has 94 valence electrons. The molecule has 1 aliphatic rings. The number of benzene rings is 1. The third-order valence-corrected chi connectivity index (χ3v) is 4.97. The Labute approximate surface area is 109 Å². The summed E-state index contributed by atoms with van der Waals surface area (Å²) in [5, 5.41) is 9.03. The Morgan fingerprint density at radius 3 is 2.94 bits per heavy atom. The van der Waals surface area contributed by atoms with E-state index in [9.17, 15) is 4.79 Å². The second-order valence-corrected chi connectivity index (χ2v) is 6.04. The van der Waals surface area contributed by atoms with E-state index in [1.807, 2.05) is 18.1 Å². The highest BCUT2D eigenvalue weighted by atomic mass is 32.2. The number of hydrogen-bond acceptors (Lipinski definition) is 3. The molecule has 1 aromatic heterocycles. The van der Waals surface area contributed by atoms with E-state index in [4.69, 9.17) is 5.11 Å². The molecule has 0 saturated heterocycles. The van der Waals surface area contributed by atoms with Gasteiger partial charge in [0.15, 0.2) is 0 Å². The van der Waals surface area contributed by atoms with Crippen LogP contribution < -0.4 is 0 Å². The molecule has 1 aromatic carbocycles. The first-order valence-corrected chi connectivity index (χ1v) is 7.09. The number of imidazole rings is 1. The summed E-state index contributed by atoms with van der Waals surface area (Å²) in [5.74, 6) is -0.893. The van der Waals surface area contributed by atoms with Gasteiger partial charge in [0.05, 0.1) is 22.9 Å². The monoisotopic (exact) mass is 262 g/mol. The predicted molar refractivity (Wildman–Crippen MR) is 72.2 cm³/mol. The summed E-state index contributed by atoms with van der Waals surface area (Å²) >= 11 is 1.89. The van der Waals surface area contributed by atoms with Crippen LogP contribution in [0, 0.1) is 0 Å². The molecule has 1 aliphatic carbocycles. The molecule has 0 aliphatic heterocycles. The van der Waals surface area contributed by atoms with E-state index in [0.717, 1.165) is 17.6 Å². The van der Waals surface area contributed by atoms with Crippen LogP contribution in [0.2, 0.25) is 0 Å². The molecule has 1 fully saturated rings. The summed E-state index contributed by atoms with van der Waals surface area (Å²) in [6.07, 6.45) is 6.40. The van der Waals surface area contributed by atoms with Gasteiger partial charge in [-0.05, 0) is 37.3 Å². The fourth-order valence-corrected chi connectivity index (χ4v) is 2.97. The number of carbonyl (C=O) groups is 1. The van der Waals surface area contributed by atoms with Gasteiger partial charge in [-0.2, -0.15) is 11.8 Å². The van der Waals surface area contributed by atoms with Crippen LogP contribution in [0.1, 0.15) is 23.2 Å². The van der Waals surface area contributed by atoms with Crippen molar-refractivity contribution in [3.8, 4) is 0 Å². The lowest BCUT2D eigenvalue weighted by Crippen LogP contribution is -2.12. The molecular formula is C13H14N2O2S. The molecule has 18 heavy (non-hydrogen) atoms. The van der Waals surface area contributed by atoms with Gasteiger partial charge in [-0.3, -0.25) is 0 Å². The van der Waals surface area contributed by atoms with Crippen molar-refractivity contribution in [2.75, 3.05) is 6.26 Å². The van der Waals surface area contributed by atoms with Crippen LogP contribution in [0.15, 0.2) is 24.5 Å². The summed E-state index contributed by atoms with van der Waals surface area (Å²) in [6, 6.07) is 5.08. The van der Waals surface area contributed by atoms with Gasteiger partial charge in [-0.25, -0.2) is 9.78 Å². The van der Waals surface area contributed by atoms with Crippen molar-refractivity contribution in [2.45, 2.75) is 24.1 Å². The average Bonchev–Trinajstić information content (AvgIpc) is 3.04. The van der Waals surface area contributed by atoms with Crippen molar-refractivity contribution in [1.29, 1.82) is 0 Å². The Bertz CT molecular complexity index is 616. The number of thioether (sulfide) groups is 1. The highest BCUT2D eigenvalue weighted by Crippen LogP contribution is 2.48. The van der Waals surface area contributed by atoms with Crippen LogP contribution in [-0.4, -0.2) is 31.6 Å². The van der Waals surface area contributed by atoms with Gasteiger partial charge < -0.3 is 9.67 Å². The minimum absolute atomic E-state index is 0.318. The Hall–Kier alpha value is -1.49. The molecule has 0 spiro atoms. The van der Waals surface area contributed by atoms with Crippen molar-refractivity contribution in [1.82, 2.24) is 9.55 Å². The maximum Gasteiger partial charge on any atom is 0.335 e. The zero-order valence-corrected chi connectivity index (χ0v) is 10.9. The van der Waals surface area contributed by atoms with Gasteiger partial charge in [0.1, 0.15) is 0 Å². The first-order valence-electron chi connectivity index (χ1n) is 5.87. The molecule has 0 amide bonds. The number of nitrogens with zero attached hydrogens (tertiary/aromatic N) is 2. The third-order valence-electron chi connectivity index (χ3n) is 3.57. The number of hydrogen-bond donors (Lipinski definition) is 1. The van der Waals surface area contributed by atoms with Crippen molar-refractivity contribution in [3.05, 3.63) is 30.1 Å². The lowest BCUT2D eigenvalue weighted by Gasteiger charge is -2.13. The molecule has 5 heteroatoms. The molecule has 4 nitrogen and oxygen atoms in total. The van der Waals surface area contributed by atoms with Crippen molar-refractivity contribution in [3.63, 3.8) is 0 Å². The molecule has 1 heterocycles. The number of aromatic nitrogens is 2. The summed E-state index contributed by atoms with van der Waals surface area (Å²) in [6.45, 7) is 0.910. The topological polar surface area (TPSA) is 55.1 Å². The zero-order valence-electron chi connectivity index (χ0n) is 10.1. The molecule has 0 radical (unpaired) electrons. The Balaban J connectivity index is 2.01. The van der Waals surface area contributed by atoms with E-state index in [1.54, 1.807) is 18.2 Å². The Morgan fingerprint density at radius 2 is 2.33 bits per heavy atom. The van der Waals surface area contributed by atoms with Crippen molar-refractivity contribution in [2.24, 2.45) is 0 Å². The average molecular weight is 262 g/mol. The molecule has 1 saturated carbocycles. The van der Waals surface area contributed by atoms with Crippen LogP contribution in [0.25, 0.3) is 11.0 Å². The minimum Gasteiger partial charge on any atom is -0.478 e. The molecule has 0 bridgehead atoms. The van der Waals surface area contributed by atoms with Gasteiger partial charge in [0.25, 0.3) is 0 Å². The first kappa shape index (κ1) is 11.6. The van der Waals surface area contributed by atoms with Gasteiger partial charge in [-0.1, -0.05) is 0 Å². The number of fused-ring (bicyclic) bond motifs is 1. The molecule has 0 unspecified atom stereocenters. The maximum absolute atomic E-state index is 11.0. The van der Waals surface area contributed by atoms with Crippen molar-refractivity contribution < 1.29 is 9.90 Å². The lowest BCUT2D eigenvalue weighted by molar-refractivity contribution is 0.0697. The quantitative estimate of drug-likeness (QED) is 0.920. The van der Waals surface area contributed by atoms with E-state index in [-0.39, 0.29) is 0 Å². The largest absolute Gasteiger partial charge is 0.478 e. The summed E-state index contributed by atoms with van der Waals surface area (Å²) in [4.78, 5) is 15.3. The molecule has 3 rings (SSSR count). The van der Waals surface area contributed by atoms with Gasteiger partial charge in [0.2, 0.25) is 0 Å². The number of carboxylic acids is 1. The van der Waals surface area contributed by atoms with Crippen molar-refractivity contribution >= 4 is 28.8 Å². The van der Waals surface area contributed by atoms with Crippen LogP contribution in [0.4, 0.5) is 0 Å². The van der Waals surface area contributed by atoms with Gasteiger partial charge >= 0.3 is 5.97 Å². The highest BCUT2D eigenvalue weighted by Gasteiger charge is 2.42. The van der Waals surface area contributed by atoms with E-state index in [0.29, 0.717) is 10.3 Å². The van der Waals surface area contributed by atoms with E-state index < -0.39 is 5.97 Å². The fourth-order valence-electron chi connectivity index (χ4n) is 2.19. The molecule has 0 atom stereocenters. The van der Waals surface area contributed by atoms with E-state index >= 15 is 0 Å². The van der Waals surface area contributed by atoms with Crippen LogP contribution >= 0.6 is 11.8 Å². The Kier molecular flexibility index (Phi) is 2.59.